The molecule has 0 unspecified atom stereocenters. The van der Waals surface area contributed by atoms with Crippen LogP contribution in [0.25, 0.3) is 0 Å². The van der Waals surface area contributed by atoms with Gasteiger partial charge in [-0.15, -0.1) is 0 Å². The van der Waals surface area contributed by atoms with Crippen molar-refractivity contribution >= 4 is 23.4 Å². The number of carbonyl (C=O) groups is 2. The van der Waals surface area contributed by atoms with Crippen molar-refractivity contribution < 1.29 is 19.8 Å². The van der Waals surface area contributed by atoms with Crippen LogP contribution in [0.2, 0.25) is 0 Å². The third-order valence-corrected chi connectivity index (χ3v) is 5.48. The smallest absolute Gasteiger partial charge is 0.335 e. The number of aryl methyl sites for hydroxylation is 3. The van der Waals surface area contributed by atoms with E-state index in [1.54, 1.807) is 26.0 Å². The molecule has 0 bridgehead atoms. The van der Waals surface area contributed by atoms with Gasteiger partial charge < -0.3 is 20.4 Å². The molecule has 1 aliphatic rings. The molecule has 1 fully saturated rings. The van der Waals surface area contributed by atoms with E-state index in [1.807, 2.05) is 26.0 Å². The van der Waals surface area contributed by atoms with E-state index < -0.39 is 11.6 Å². The number of benzene rings is 1. The third-order valence-electron chi connectivity index (χ3n) is 5.48. The molecular formula is C22H27N3O4. The second-order valence-corrected chi connectivity index (χ2v) is 8.06. The highest BCUT2D eigenvalue weighted by atomic mass is 16.4. The molecule has 3 N–H and O–H groups in total. The summed E-state index contributed by atoms with van der Waals surface area (Å²) in [7, 11) is 0. The fourth-order valence-electron chi connectivity index (χ4n) is 3.60. The van der Waals surface area contributed by atoms with Gasteiger partial charge in [0.05, 0.1) is 11.2 Å². The Bertz CT molecular complexity index is 936. The Balaban J connectivity index is 1.84. The Morgan fingerprint density at radius 3 is 2.21 bits per heavy atom. The number of nitrogens with one attached hydrogen (secondary N) is 1. The van der Waals surface area contributed by atoms with Crippen LogP contribution in [-0.2, 0) is 0 Å². The molecule has 7 heteroatoms. The molecule has 2 aromatic rings. The first-order valence-corrected chi connectivity index (χ1v) is 9.68. The van der Waals surface area contributed by atoms with E-state index in [0.717, 1.165) is 5.56 Å². The quantitative estimate of drug-likeness (QED) is 0.731. The molecule has 1 amide bonds. The van der Waals surface area contributed by atoms with Gasteiger partial charge in [-0.3, -0.25) is 4.79 Å². The highest BCUT2D eigenvalue weighted by Crippen LogP contribution is 2.27. The second-order valence-electron chi connectivity index (χ2n) is 8.06. The summed E-state index contributed by atoms with van der Waals surface area (Å²) < 4.78 is 0. The van der Waals surface area contributed by atoms with E-state index >= 15 is 0 Å². The van der Waals surface area contributed by atoms with Crippen LogP contribution >= 0.6 is 0 Å². The summed E-state index contributed by atoms with van der Waals surface area (Å²) in [5.74, 6) is -0.617. The average Bonchev–Trinajstić information content (AvgIpc) is 2.64. The maximum absolute atomic E-state index is 12.9. The molecule has 0 radical (unpaired) electrons. The molecule has 7 nitrogen and oxygen atoms in total. The predicted molar refractivity (Wildman–Crippen MR) is 112 cm³/mol. The normalized spacial score (nSPS) is 15.8. The van der Waals surface area contributed by atoms with Crippen LogP contribution in [0.1, 0.15) is 57.3 Å². The van der Waals surface area contributed by atoms with Gasteiger partial charge in [0.15, 0.2) is 0 Å². The van der Waals surface area contributed by atoms with Gasteiger partial charge in [0.2, 0.25) is 0 Å². The number of anilines is 2. The summed E-state index contributed by atoms with van der Waals surface area (Å²) in [6.07, 6.45) is 1.30. The topological polar surface area (TPSA) is 103 Å². The van der Waals surface area contributed by atoms with Crippen molar-refractivity contribution in [2.75, 3.05) is 23.3 Å². The maximum Gasteiger partial charge on any atom is 0.335 e. The number of amides is 1. The Labute approximate surface area is 170 Å². The first kappa shape index (κ1) is 20.8. The standard InChI is InChI=1S/C22H27N3O4/c1-13-5-6-17(25-9-7-22(4,29)8-10-25)23-19(13)20(26)24-18-14(2)11-16(21(27)28)12-15(18)3/h5-6,11-12,29H,7-10H2,1-4H3,(H,24,26)(H,27,28). The molecule has 1 aromatic heterocycles. The van der Waals surface area contributed by atoms with Crippen LogP contribution in [0, 0.1) is 20.8 Å². The number of piperidine rings is 1. The lowest BCUT2D eigenvalue weighted by Gasteiger charge is -2.36. The SMILES string of the molecule is Cc1ccc(N2CCC(C)(O)CC2)nc1C(=O)Nc1c(C)cc(C(=O)O)cc1C. The van der Waals surface area contributed by atoms with Crippen molar-refractivity contribution in [3.05, 3.63) is 52.2 Å². The van der Waals surface area contributed by atoms with Crippen LogP contribution in [0.3, 0.4) is 0 Å². The minimum Gasteiger partial charge on any atom is -0.478 e. The summed E-state index contributed by atoms with van der Waals surface area (Å²) >= 11 is 0. The van der Waals surface area contributed by atoms with Gasteiger partial charge >= 0.3 is 5.97 Å². The number of aromatic carboxylic acids is 1. The first-order chi connectivity index (χ1) is 13.6. The molecule has 154 valence electrons. The van der Waals surface area contributed by atoms with Crippen molar-refractivity contribution in [3.8, 4) is 0 Å². The highest BCUT2D eigenvalue weighted by Gasteiger charge is 2.28. The van der Waals surface area contributed by atoms with Crippen molar-refractivity contribution in [2.24, 2.45) is 0 Å². The van der Waals surface area contributed by atoms with E-state index in [4.69, 9.17) is 0 Å². The lowest BCUT2D eigenvalue weighted by atomic mass is 9.94. The lowest BCUT2D eigenvalue weighted by Crippen LogP contribution is -2.42. The van der Waals surface area contributed by atoms with Crippen LogP contribution in [0.15, 0.2) is 24.3 Å². The van der Waals surface area contributed by atoms with Crippen LogP contribution in [-0.4, -0.2) is 45.8 Å². The largest absolute Gasteiger partial charge is 0.478 e. The fourth-order valence-corrected chi connectivity index (χ4v) is 3.60. The molecule has 1 aliphatic heterocycles. The monoisotopic (exact) mass is 397 g/mol. The predicted octanol–water partition coefficient (Wildman–Crippen LogP) is 3.31. The van der Waals surface area contributed by atoms with Gasteiger partial charge in [-0.25, -0.2) is 9.78 Å². The third kappa shape index (κ3) is 4.56. The van der Waals surface area contributed by atoms with E-state index in [0.29, 0.717) is 54.3 Å². The molecule has 0 aliphatic carbocycles. The van der Waals surface area contributed by atoms with E-state index in [9.17, 15) is 19.8 Å². The summed E-state index contributed by atoms with van der Waals surface area (Å²) in [5, 5.41) is 22.2. The highest BCUT2D eigenvalue weighted by molar-refractivity contribution is 6.05. The van der Waals surface area contributed by atoms with Gasteiger partial charge in [-0.2, -0.15) is 0 Å². The minimum absolute atomic E-state index is 0.190. The van der Waals surface area contributed by atoms with Crippen molar-refractivity contribution in [2.45, 2.75) is 46.1 Å². The molecule has 0 spiro atoms. The van der Waals surface area contributed by atoms with Crippen molar-refractivity contribution in [3.63, 3.8) is 0 Å². The number of hydrogen-bond acceptors (Lipinski definition) is 5. The second kappa shape index (κ2) is 7.83. The number of aromatic nitrogens is 1. The maximum atomic E-state index is 12.9. The zero-order chi connectivity index (χ0) is 21.3. The number of hydrogen-bond donors (Lipinski definition) is 3. The number of carbonyl (C=O) groups excluding carboxylic acids is 1. The molecular weight excluding hydrogens is 370 g/mol. The Morgan fingerprint density at radius 1 is 1.07 bits per heavy atom. The number of pyridine rings is 1. The summed E-state index contributed by atoms with van der Waals surface area (Å²) in [6, 6.07) is 6.85. The average molecular weight is 397 g/mol. The summed E-state index contributed by atoms with van der Waals surface area (Å²) in [5.41, 5.74) is 2.59. The van der Waals surface area contributed by atoms with Gasteiger partial charge in [0.1, 0.15) is 11.5 Å². The first-order valence-electron chi connectivity index (χ1n) is 9.68. The molecule has 0 atom stereocenters. The van der Waals surface area contributed by atoms with Crippen molar-refractivity contribution in [1.82, 2.24) is 4.98 Å². The number of nitrogens with zero attached hydrogens (tertiary/aromatic N) is 2. The molecule has 29 heavy (non-hydrogen) atoms. The van der Waals surface area contributed by atoms with E-state index in [-0.39, 0.29) is 11.5 Å². The number of aliphatic hydroxyl groups is 1. The molecule has 3 rings (SSSR count). The lowest BCUT2D eigenvalue weighted by molar-refractivity contribution is 0.0350. The Kier molecular flexibility index (Phi) is 5.61. The number of carboxylic acids is 1. The Hall–Kier alpha value is -2.93. The van der Waals surface area contributed by atoms with Crippen LogP contribution < -0.4 is 10.2 Å². The van der Waals surface area contributed by atoms with E-state index in [2.05, 4.69) is 15.2 Å². The molecule has 2 heterocycles. The number of rotatable bonds is 4. The Morgan fingerprint density at radius 2 is 1.66 bits per heavy atom. The van der Waals surface area contributed by atoms with E-state index in [1.165, 1.54) is 0 Å². The zero-order valence-corrected chi connectivity index (χ0v) is 17.2. The fraction of sp³-hybridized carbons (Fsp3) is 0.409. The summed E-state index contributed by atoms with van der Waals surface area (Å²) in [4.78, 5) is 30.8. The number of carboxylic acid groups (broad SMARTS) is 1. The van der Waals surface area contributed by atoms with Crippen LogP contribution in [0.5, 0.6) is 0 Å². The van der Waals surface area contributed by atoms with Gasteiger partial charge in [0, 0.05) is 18.8 Å². The minimum atomic E-state index is -1.00. The zero-order valence-electron chi connectivity index (χ0n) is 17.2. The molecule has 1 saturated heterocycles. The van der Waals surface area contributed by atoms with Crippen molar-refractivity contribution in [1.29, 1.82) is 0 Å². The van der Waals surface area contributed by atoms with Gasteiger partial charge in [-0.05, 0) is 75.4 Å². The van der Waals surface area contributed by atoms with Crippen LogP contribution in [0.4, 0.5) is 11.5 Å². The summed E-state index contributed by atoms with van der Waals surface area (Å²) in [6.45, 7) is 8.57. The molecule has 1 aromatic carbocycles. The molecule has 0 saturated carbocycles. The van der Waals surface area contributed by atoms with Gasteiger partial charge in [0.25, 0.3) is 5.91 Å². The van der Waals surface area contributed by atoms with Gasteiger partial charge in [-0.1, -0.05) is 6.07 Å².